The van der Waals surface area contributed by atoms with Crippen LogP contribution in [0.15, 0.2) is 67.0 Å². The second-order valence-electron chi connectivity index (χ2n) is 12.1. The van der Waals surface area contributed by atoms with Gasteiger partial charge in [-0.1, -0.05) is 88.4 Å². The number of aromatic nitrogens is 2. The maximum absolute atomic E-state index is 13.5. The van der Waals surface area contributed by atoms with Gasteiger partial charge in [0.25, 0.3) is 5.91 Å². The van der Waals surface area contributed by atoms with Crippen LogP contribution in [-0.4, -0.2) is 38.3 Å². The van der Waals surface area contributed by atoms with E-state index in [9.17, 15) is 14.7 Å². The van der Waals surface area contributed by atoms with Crippen LogP contribution in [0.25, 0.3) is 22.2 Å². The molecule has 0 aliphatic heterocycles. The Balaban J connectivity index is 1.43. The number of imidazole rings is 1. The minimum Gasteiger partial charge on any atom is -0.478 e. The van der Waals surface area contributed by atoms with Gasteiger partial charge in [-0.15, -0.1) is 0 Å². The molecule has 1 fully saturated rings. The Bertz CT molecular complexity index is 1550. The summed E-state index contributed by atoms with van der Waals surface area (Å²) in [5, 5.41) is 12.9. The average molecular weight is 584 g/mol. The van der Waals surface area contributed by atoms with Crippen LogP contribution in [-0.2, 0) is 0 Å². The summed E-state index contributed by atoms with van der Waals surface area (Å²) in [5.41, 5.74) is 6.35. The smallest absolute Gasteiger partial charge is 0.336 e. The molecular weight excluding hydrogens is 542 g/mol. The third-order valence-electron chi connectivity index (χ3n) is 8.68. The number of nitrogens with one attached hydrogen (secondary N) is 1. The molecule has 0 spiro atoms. The molecule has 1 aromatic heterocycles. The van der Waals surface area contributed by atoms with Gasteiger partial charge < -0.3 is 15.0 Å². The summed E-state index contributed by atoms with van der Waals surface area (Å²) in [6, 6.07) is 19.1. The number of nitrogens with zero attached hydrogens (tertiary/aromatic N) is 2. The number of fused-ring (bicyclic) bond motifs is 1. The van der Waals surface area contributed by atoms with E-state index in [1.54, 1.807) is 12.1 Å². The molecule has 0 radical (unpaired) electrons. The lowest BCUT2D eigenvalue weighted by molar-refractivity contribution is 0.0697. The number of rotatable bonds is 10. The first-order valence-corrected chi connectivity index (χ1v) is 15.7. The molecular formula is C35H41N3O3S. The van der Waals surface area contributed by atoms with E-state index < -0.39 is 5.97 Å². The van der Waals surface area contributed by atoms with E-state index >= 15 is 0 Å². The highest BCUT2D eigenvalue weighted by Crippen LogP contribution is 2.34. The van der Waals surface area contributed by atoms with E-state index in [0.717, 1.165) is 34.1 Å². The number of carbonyl (C=O) groups is 2. The van der Waals surface area contributed by atoms with Gasteiger partial charge in [0.1, 0.15) is 0 Å². The van der Waals surface area contributed by atoms with Crippen LogP contribution in [0, 0.1) is 18.8 Å². The summed E-state index contributed by atoms with van der Waals surface area (Å²) < 4.78 is 2.17. The fourth-order valence-corrected chi connectivity index (χ4v) is 6.82. The average Bonchev–Trinajstić information content (AvgIpc) is 3.41. The first-order chi connectivity index (χ1) is 20.3. The van der Waals surface area contributed by atoms with Crippen LogP contribution >= 0.6 is 12.6 Å². The predicted molar refractivity (Wildman–Crippen MR) is 173 cm³/mol. The molecule has 0 bridgehead atoms. The molecule has 1 saturated carbocycles. The van der Waals surface area contributed by atoms with Gasteiger partial charge in [-0.25, -0.2) is 9.78 Å². The fraction of sp³-hybridized carbons (Fsp3) is 0.400. The molecule has 1 heterocycles. The number of hydrogen-bond acceptors (Lipinski definition) is 4. The maximum Gasteiger partial charge on any atom is 0.336 e. The molecule has 5 rings (SSSR count). The van der Waals surface area contributed by atoms with Gasteiger partial charge in [-0.2, -0.15) is 12.6 Å². The highest BCUT2D eigenvalue weighted by molar-refractivity contribution is 7.80. The van der Waals surface area contributed by atoms with Crippen LogP contribution in [0.5, 0.6) is 0 Å². The van der Waals surface area contributed by atoms with E-state index in [4.69, 9.17) is 4.98 Å². The van der Waals surface area contributed by atoms with Crippen molar-refractivity contribution in [1.29, 1.82) is 0 Å². The molecule has 2 N–H and O–H groups in total. The van der Waals surface area contributed by atoms with E-state index in [0.29, 0.717) is 22.8 Å². The van der Waals surface area contributed by atoms with Crippen molar-refractivity contribution in [2.24, 2.45) is 11.8 Å². The normalized spacial score (nSPS) is 15.5. The lowest BCUT2D eigenvalue weighted by atomic mass is 9.85. The van der Waals surface area contributed by atoms with E-state index in [-0.39, 0.29) is 29.5 Å². The van der Waals surface area contributed by atoms with Gasteiger partial charge in [-0.3, -0.25) is 4.79 Å². The van der Waals surface area contributed by atoms with Crippen LogP contribution in [0.4, 0.5) is 0 Å². The molecule has 42 heavy (non-hydrogen) atoms. The maximum atomic E-state index is 13.5. The van der Waals surface area contributed by atoms with E-state index in [2.05, 4.69) is 48.5 Å². The van der Waals surface area contributed by atoms with Crippen molar-refractivity contribution >= 4 is 35.5 Å². The summed E-state index contributed by atoms with van der Waals surface area (Å²) in [6.07, 6.45) is 9.23. The van der Waals surface area contributed by atoms with Gasteiger partial charge in [0, 0.05) is 17.4 Å². The second-order valence-corrected chi connectivity index (χ2v) is 12.4. The largest absolute Gasteiger partial charge is 0.478 e. The molecule has 1 aliphatic rings. The van der Waals surface area contributed by atoms with Gasteiger partial charge in [0.15, 0.2) is 0 Å². The molecule has 220 valence electrons. The summed E-state index contributed by atoms with van der Waals surface area (Å²) in [7, 11) is 0. The first kappa shape index (κ1) is 29.9. The Hall–Kier alpha value is -3.58. The van der Waals surface area contributed by atoms with Gasteiger partial charge >= 0.3 is 5.97 Å². The summed E-state index contributed by atoms with van der Waals surface area (Å²) in [6.45, 7) is 6.36. The SMILES string of the molecule is Cc1cc(C(=O)N[C@@H](CS)CC2CCCCC2)cc2c1ncn2C(c1ccc(-c2ccccc2C(=O)O)cc1)C(C)C. The number of carboxylic acid groups (broad SMARTS) is 1. The standard InChI is InChI=1S/C35H41N3O3S/c1-22(2)33(26-15-13-25(14-16-26)29-11-7-8-12-30(29)35(40)41)38-21-36-32-23(3)17-27(19-31(32)38)34(39)37-28(20-42)18-24-9-5-4-6-10-24/h7-8,11-17,19,21-22,24,28,33,42H,4-6,9-10,18,20H2,1-3H3,(H,37,39)(H,40,41)/t28-,33?/m1/s1. The number of amides is 1. The van der Waals surface area contributed by atoms with Crippen molar-refractivity contribution in [2.45, 2.75) is 71.4 Å². The third-order valence-corrected chi connectivity index (χ3v) is 9.12. The third kappa shape index (κ3) is 6.41. The summed E-state index contributed by atoms with van der Waals surface area (Å²) in [4.78, 5) is 30.0. The molecule has 1 unspecified atom stereocenters. The number of carbonyl (C=O) groups excluding carboxylic acids is 1. The first-order valence-electron chi connectivity index (χ1n) is 15.1. The second kappa shape index (κ2) is 13.2. The minimum atomic E-state index is -0.940. The quantitative estimate of drug-likeness (QED) is 0.165. The Morgan fingerprint density at radius 1 is 1.05 bits per heavy atom. The van der Waals surface area contributed by atoms with Crippen LogP contribution in [0.2, 0.25) is 0 Å². The fourth-order valence-electron chi connectivity index (χ4n) is 6.58. The Kier molecular flexibility index (Phi) is 9.37. The number of carboxylic acids is 1. The molecule has 3 aromatic carbocycles. The number of thiol groups is 1. The number of hydrogen-bond donors (Lipinski definition) is 3. The molecule has 7 heteroatoms. The highest BCUT2D eigenvalue weighted by atomic mass is 32.1. The molecule has 2 atom stereocenters. The van der Waals surface area contributed by atoms with Crippen molar-refractivity contribution < 1.29 is 14.7 Å². The molecule has 0 saturated heterocycles. The highest BCUT2D eigenvalue weighted by Gasteiger charge is 2.24. The van der Waals surface area contributed by atoms with Crippen molar-refractivity contribution in [1.82, 2.24) is 14.9 Å². The zero-order chi connectivity index (χ0) is 29.8. The van der Waals surface area contributed by atoms with Crippen molar-refractivity contribution in [3.63, 3.8) is 0 Å². The molecule has 4 aromatic rings. The zero-order valence-electron chi connectivity index (χ0n) is 24.7. The number of aromatic carboxylic acids is 1. The zero-order valence-corrected chi connectivity index (χ0v) is 25.6. The molecule has 6 nitrogen and oxygen atoms in total. The Morgan fingerprint density at radius 3 is 2.43 bits per heavy atom. The van der Waals surface area contributed by atoms with Gasteiger partial charge in [0.05, 0.1) is 29.0 Å². The van der Waals surface area contributed by atoms with Crippen LogP contribution < -0.4 is 5.32 Å². The minimum absolute atomic E-state index is 0.0204. The lowest BCUT2D eigenvalue weighted by Crippen LogP contribution is -2.38. The number of benzene rings is 3. The van der Waals surface area contributed by atoms with Crippen LogP contribution in [0.3, 0.4) is 0 Å². The molecule has 1 aliphatic carbocycles. The van der Waals surface area contributed by atoms with Crippen molar-refractivity contribution in [2.75, 3.05) is 5.75 Å². The van der Waals surface area contributed by atoms with Gasteiger partial charge in [0.2, 0.25) is 0 Å². The topological polar surface area (TPSA) is 84.2 Å². The molecule has 1 amide bonds. The van der Waals surface area contributed by atoms with E-state index in [1.165, 1.54) is 32.1 Å². The Morgan fingerprint density at radius 2 is 1.76 bits per heavy atom. The Labute approximate surface area is 254 Å². The van der Waals surface area contributed by atoms with E-state index in [1.807, 2.05) is 49.6 Å². The lowest BCUT2D eigenvalue weighted by Gasteiger charge is -2.26. The van der Waals surface area contributed by atoms with Gasteiger partial charge in [-0.05, 0) is 65.6 Å². The summed E-state index contributed by atoms with van der Waals surface area (Å²) >= 11 is 4.57. The summed E-state index contributed by atoms with van der Waals surface area (Å²) in [5.74, 6) is 0.526. The number of aryl methyl sites for hydroxylation is 1. The van der Waals surface area contributed by atoms with Crippen LogP contribution in [0.1, 0.15) is 90.3 Å². The van der Waals surface area contributed by atoms with Crippen molar-refractivity contribution in [3.05, 3.63) is 89.2 Å². The van der Waals surface area contributed by atoms with Crippen molar-refractivity contribution in [3.8, 4) is 11.1 Å². The predicted octanol–water partition coefficient (Wildman–Crippen LogP) is 7.95. The monoisotopic (exact) mass is 583 g/mol.